The lowest BCUT2D eigenvalue weighted by molar-refractivity contribution is -0.527. The van der Waals surface area contributed by atoms with Crippen LogP contribution in [0.2, 0.25) is 0 Å². The number of ketones is 1. The van der Waals surface area contributed by atoms with Gasteiger partial charge in [0.2, 0.25) is 5.79 Å². The third kappa shape index (κ3) is 2.31. The molecule has 3 saturated carbocycles. The first-order valence-electron chi connectivity index (χ1n) is 13.4. The van der Waals surface area contributed by atoms with Gasteiger partial charge in [-0.3, -0.25) is 4.79 Å². The minimum absolute atomic E-state index is 0.0511. The molecule has 8 aliphatic rings. The number of carbonyl (C=O) groups excluding carboxylic acids is 1. The Hall–Kier alpha value is -1.25. The molecule has 6 fully saturated rings. The number of Topliss-reactive ketones (excluding diaryl/α,β-unsaturated/α-hetero) is 1. The minimum Gasteiger partial charge on any atom is -0.469 e. The van der Waals surface area contributed by atoms with Gasteiger partial charge in [0, 0.05) is 24.9 Å². The normalized spacial score (nSPS) is 52.5. The fraction of sp³-hybridized carbons (Fsp3) is 0.821. The van der Waals surface area contributed by atoms with Crippen LogP contribution in [0.3, 0.4) is 0 Å². The molecular formula is C28H38O7. The summed E-state index contributed by atoms with van der Waals surface area (Å²) in [6.45, 7) is 15.4. The van der Waals surface area contributed by atoms with Crippen LogP contribution in [0.15, 0.2) is 23.5 Å². The van der Waals surface area contributed by atoms with Gasteiger partial charge in [0.05, 0.1) is 18.1 Å². The summed E-state index contributed by atoms with van der Waals surface area (Å²) in [6, 6.07) is 0. The number of fused-ring (bicyclic) bond motifs is 1. The van der Waals surface area contributed by atoms with Crippen LogP contribution < -0.4 is 0 Å². The van der Waals surface area contributed by atoms with Gasteiger partial charge in [-0.2, -0.15) is 0 Å². The predicted molar refractivity (Wildman–Crippen MR) is 125 cm³/mol. The van der Waals surface area contributed by atoms with Gasteiger partial charge in [0.25, 0.3) is 0 Å². The molecule has 3 saturated heterocycles. The second-order valence-electron chi connectivity index (χ2n) is 13.1. The molecule has 4 aliphatic carbocycles. The summed E-state index contributed by atoms with van der Waals surface area (Å²) >= 11 is 0. The number of hydrogen-bond acceptors (Lipinski definition) is 7. The molecule has 4 bridgehead atoms. The predicted octanol–water partition coefficient (Wildman–Crippen LogP) is 3.85. The maximum Gasteiger partial charge on any atom is 0.213 e. The molecule has 1 unspecified atom stereocenters. The Bertz CT molecular complexity index is 1060. The van der Waals surface area contributed by atoms with Crippen molar-refractivity contribution in [3.05, 3.63) is 23.5 Å². The van der Waals surface area contributed by atoms with Crippen molar-refractivity contribution in [2.45, 2.75) is 96.8 Å². The Morgan fingerprint density at radius 1 is 1.17 bits per heavy atom. The Morgan fingerprint density at radius 2 is 1.94 bits per heavy atom. The summed E-state index contributed by atoms with van der Waals surface area (Å²) in [4.78, 5) is 14.3. The van der Waals surface area contributed by atoms with Crippen molar-refractivity contribution in [3.8, 4) is 0 Å². The summed E-state index contributed by atoms with van der Waals surface area (Å²) < 4.78 is 32.6. The molecule has 7 heteroatoms. The smallest absolute Gasteiger partial charge is 0.213 e. The number of rotatable bonds is 2. The van der Waals surface area contributed by atoms with E-state index in [-0.39, 0.29) is 35.2 Å². The molecule has 0 amide bonds. The average molecular weight is 487 g/mol. The van der Waals surface area contributed by atoms with E-state index in [2.05, 4.69) is 20.4 Å². The van der Waals surface area contributed by atoms with Gasteiger partial charge in [-0.05, 0) is 68.9 Å². The lowest BCUT2D eigenvalue weighted by atomic mass is 9.36. The third-order valence-corrected chi connectivity index (χ3v) is 10.6. The standard InChI is InChI=1S/C28H38O7/c1-7-31-18-11-8-15-12-24(3,4)19-21(30)28-27-17(26(19,13-32-28)22(15)33-18)10-9-16(14(2)20(27)29)23(27)34-25(5,6)35-28/h16-19,21,23,30H,2,7-13H2,1,3-6H3/t16-,17-,18-,19+,21-,23?,26-,27-,28-/m0/s1. The summed E-state index contributed by atoms with van der Waals surface area (Å²) in [5.74, 6) is -2.01. The first-order valence-corrected chi connectivity index (χ1v) is 13.4. The van der Waals surface area contributed by atoms with Crippen molar-refractivity contribution in [3.63, 3.8) is 0 Å². The van der Waals surface area contributed by atoms with Crippen LogP contribution >= 0.6 is 0 Å². The molecule has 8 rings (SSSR count). The van der Waals surface area contributed by atoms with E-state index in [1.165, 1.54) is 5.57 Å². The highest BCUT2D eigenvalue weighted by Crippen LogP contribution is 2.80. The van der Waals surface area contributed by atoms with Gasteiger partial charge < -0.3 is 28.8 Å². The van der Waals surface area contributed by atoms with E-state index in [9.17, 15) is 9.90 Å². The molecule has 0 aromatic rings. The Morgan fingerprint density at radius 3 is 2.69 bits per heavy atom. The molecule has 4 heterocycles. The number of hydrogen-bond donors (Lipinski definition) is 1. The molecule has 4 aliphatic heterocycles. The molecule has 0 aromatic carbocycles. The van der Waals surface area contributed by atoms with Crippen molar-refractivity contribution in [2.75, 3.05) is 13.2 Å². The van der Waals surface area contributed by atoms with Crippen LogP contribution in [-0.4, -0.2) is 54.2 Å². The monoisotopic (exact) mass is 486 g/mol. The van der Waals surface area contributed by atoms with Gasteiger partial charge in [0.1, 0.15) is 17.3 Å². The van der Waals surface area contributed by atoms with E-state index in [0.717, 1.165) is 37.9 Å². The van der Waals surface area contributed by atoms with Gasteiger partial charge in [0.15, 0.2) is 17.9 Å². The minimum atomic E-state index is -1.46. The maximum absolute atomic E-state index is 14.3. The van der Waals surface area contributed by atoms with Crippen LogP contribution in [-0.2, 0) is 28.5 Å². The van der Waals surface area contributed by atoms with Gasteiger partial charge in [-0.25, -0.2) is 0 Å². The fourth-order valence-electron chi connectivity index (χ4n) is 9.95. The number of aliphatic hydroxyl groups excluding tert-OH is 1. The lowest BCUT2D eigenvalue weighted by Gasteiger charge is -2.77. The zero-order valence-electron chi connectivity index (χ0n) is 21.5. The zero-order valence-corrected chi connectivity index (χ0v) is 21.5. The molecular weight excluding hydrogens is 448 g/mol. The number of aliphatic hydroxyl groups is 1. The molecule has 1 N–H and O–H groups in total. The highest BCUT2D eigenvalue weighted by atomic mass is 16.8. The molecule has 35 heavy (non-hydrogen) atoms. The number of ether oxygens (including phenoxy) is 5. The first kappa shape index (κ1) is 22.9. The summed E-state index contributed by atoms with van der Waals surface area (Å²) in [7, 11) is 0. The topological polar surface area (TPSA) is 83.5 Å². The van der Waals surface area contributed by atoms with Crippen LogP contribution in [0.4, 0.5) is 0 Å². The fourth-order valence-corrected chi connectivity index (χ4v) is 9.95. The first-order chi connectivity index (χ1) is 16.5. The van der Waals surface area contributed by atoms with Gasteiger partial charge >= 0.3 is 0 Å². The number of carbonyl (C=O) groups is 1. The van der Waals surface area contributed by atoms with Crippen molar-refractivity contribution in [1.82, 2.24) is 0 Å². The second-order valence-corrected chi connectivity index (χ2v) is 13.1. The summed E-state index contributed by atoms with van der Waals surface area (Å²) in [5.41, 5.74) is -0.134. The van der Waals surface area contributed by atoms with Crippen molar-refractivity contribution >= 4 is 5.78 Å². The maximum atomic E-state index is 14.3. The third-order valence-electron chi connectivity index (χ3n) is 10.6. The van der Waals surface area contributed by atoms with Crippen molar-refractivity contribution < 1.29 is 33.6 Å². The average Bonchev–Trinajstić information content (AvgIpc) is 2.90. The van der Waals surface area contributed by atoms with E-state index in [4.69, 9.17) is 23.7 Å². The quantitative estimate of drug-likeness (QED) is 0.594. The molecule has 3 spiro atoms. The highest BCUT2D eigenvalue weighted by molar-refractivity contribution is 6.05. The zero-order chi connectivity index (χ0) is 24.8. The molecule has 192 valence electrons. The van der Waals surface area contributed by atoms with Crippen molar-refractivity contribution in [2.24, 2.45) is 34.0 Å². The summed E-state index contributed by atoms with van der Waals surface area (Å²) in [5, 5.41) is 12.4. The van der Waals surface area contributed by atoms with E-state index in [0.29, 0.717) is 18.8 Å². The van der Waals surface area contributed by atoms with Crippen LogP contribution in [0.1, 0.15) is 66.7 Å². The second kappa shape index (κ2) is 6.60. The molecule has 0 radical (unpaired) electrons. The van der Waals surface area contributed by atoms with E-state index < -0.39 is 34.6 Å². The Kier molecular flexibility index (Phi) is 4.32. The Balaban J connectivity index is 1.51. The van der Waals surface area contributed by atoms with Gasteiger partial charge in [-0.15, -0.1) is 0 Å². The van der Waals surface area contributed by atoms with Crippen LogP contribution in [0, 0.1) is 34.0 Å². The van der Waals surface area contributed by atoms with E-state index >= 15 is 0 Å². The largest absolute Gasteiger partial charge is 0.469 e. The SMILES string of the molecule is C=C1C(=O)[C@@]23C4OC(C)(C)O[C@]25OC[C@]2(C6=C(CC[C@@H](OCC)O6)CC(C)(C)[C@H]2[C@@H]5O)[C@@H]3CC[C@@H]14. The summed E-state index contributed by atoms with van der Waals surface area (Å²) in [6.07, 6.45) is 2.44. The van der Waals surface area contributed by atoms with Crippen molar-refractivity contribution in [1.29, 1.82) is 0 Å². The van der Waals surface area contributed by atoms with E-state index in [1.807, 2.05) is 20.8 Å². The van der Waals surface area contributed by atoms with E-state index in [1.54, 1.807) is 0 Å². The Labute approximate surface area is 207 Å². The lowest BCUT2D eigenvalue weighted by Crippen LogP contribution is -2.87. The van der Waals surface area contributed by atoms with Gasteiger partial charge in [-0.1, -0.05) is 20.4 Å². The molecule has 7 nitrogen and oxygen atoms in total. The highest BCUT2D eigenvalue weighted by Gasteiger charge is 2.90. The van der Waals surface area contributed by atoms with Crippen LogP contribution in [0.5, 0.6) is 0 Å². The van der Waals surface area contributed by atoms with Crippen LogP contribution in [0.25, 0.3) is 0 Å². The molecule has 9 atom stereocenters. The molecule has 0 aromatic heterocycles. The number of allylic oxidation sites excluding steroid dienone is 1.